The van der Waals surface area contributed by atoms with E-state index >= 15 is 0 Å². The zero-order chi connectivity index (χ0) is 12.8. The van der Waals surface area contributed by atoms with Crippen molar-refractivity contribution in [2.24, 2.45) is 0 Å². The quantitative estimate of drug-likeness (QED) is 0.845. The van der Waals surface area contributed by atoms with E-state index in [1.165, 1.54) is 0 Å². The van der Waals surface area contributed by atoms with Gasteiger partial charge in [0, 0.05) is 10.9 Å². The molecule has 0 saturated carbocycles. The average Bonchev–Trinajstić information content (AvgIpc) is 2.32. The van der Waals surface area contributed by atoms with Crippen LogP contribution in [-0.4, -0.2) is 30.9 Å². The van der Waals surface area contributed by atoms with E-state index in [9.17, 15) is 9.90 Å². The van der Waals surface area contributed by atoms with E-state index in [0.29, 0.717) is 5.75 Å². The first-order valence-corrected chi connectivity index (χ1v) is 6.05. The minimum Gasteiger partial charge on any atom is -0.497 e. The normalized spacial score (nSPS) is 12.0. The molecule has 94 valence electrons. The van der Waals surface area contributed by atoms with Gasteiger partial charge in [-0.1, -0.05) is 15.9 Å². The fourth-order valence-corrected chi connectivity index (χ4v) is 1.77. The molecule has 1 unspecified atom stereocenters. The van der Waals surface area contributed by atoms with Crippen LogP contribution in [0.25, 0.3) is 0 Å². The third-order valence-electron chi connectivity index (χ3n) is 2.22. The SMILES string of the molecule is CCOC(=O)C(O)Cc1cc(OC)ccc1Br. The summed E-state index contributed by atoms with van der Waals surface area (Å²) in [6.45, 7) is 1.96. The van der Waals surface area contributed by atoms with E-state index < -0.39 is 12.1 Å². The molecule has 1 rings (SSSR count). The molecule has 5 heteroatoms. The first-order chi connectivity index (χ1) is 8.08. The van der Waals surface area contributed by atoms with Crippen molar-refractivity contribution in [3.8, 4) is 5.75 Å². The molecule has 0 radical (unpaired) electrons. The van der Waals surface area contributed by atoms with Gasteiger partial charge in [-0.3, -0.25) is 0 Å². The Morgan fingerprint density at radius 3 is 2.82 bits per heavy atom. The van der Waals surface area contributed by atoms with Crippen molar-refractivity contribution in [1.82, 2.24) is 0 Å². The van der Waals surface area contributed by atoms with Crippen LogP contribution in [0, 0.1) is 0 Å². The molecular weight excluding hydrogens is 288 g/mol. The summed E-state index contributed by atoms with van der Waals surface area (Å²) in [7, 11) is 1.56. The molecule has 1 aromatic rings. The molecule has 0 aliphatic rings. The van der Waals surface area contributed by atoms with Gasteiger partial charge in [0.25, 0.3) is 0 Å². The van der Waals surface area contributed by atoms with E-state index in [1.807, 2.05) is 6.07 Å². The number of carbonyl (C=O) groups excluding carboxylic acids is 1. The summed E-state index contributed by atoms with van der Waals surface area (Å²) in [5.74, 6) is 0.0708. The molecule has 1 N–H and O–H groups in total. The Labute approximate surface area is 109 Å². The van der Waals surface area contributed by atoms with Gasteiger partial charge in [0.15, 0.2) is 6.10 Å². The van der Waals surface area contributed by atoms with Crippen LogP contribution in [0.1, 0.15) is 12.5 Å². The first-order valence-electron chi connectivity index (χ1n) is 5.25. The fraction of sp³-hybridized carbons (Fsp3) is 0.417. The second-order valence-corrected chi connectivity index (χ2v) is 4.28. The Morgan fingerprint density at radius 1 is 1.53 bits per heavy atom. The molecule has 0 aliphatic carbocycles. The smallest absolute Gasteiger partial charge is 0.335 e. The molecular formula is C12H15BrO4. The molecule has 0 bridgehead atoms. The zero-order valence-electron chi connectivity index (χ0n) is 9.77. The van der Waals surface area contributed by atoms with E-state index in [2.05, 4.69) is 15.9 Å². The van der Waals surface area contributed by atoms with Gasteiger partial charge in [0.1, 0.15) is 5.75 Å². The lowest BCUT2D eigenvalue weighted by Gasteiger charge is -2.11. The number of halogens is 1. The van der Waals surface area contributed by atoms with Gasteiger partial charge in [0.05, 0.1) is 13.7 Å². The lowest BCUT2D eigenvalue weighted by atomic mass is 10.1. The van der Waals surface area contributed by atoms with Gasteiger partial charge in [-0.2, -0.15) is 0 Å². The van der Waals surface area contributed by atoms with Crippen molar-refractivity contribution < 1.29 is 19.4 Å². The third-order valence-corrected chi connectivity index (χ3v) is 3.00. The maximum atomic E-state index is 11.3. The van der Waals surface area contributed by atoms with Crippen molar-refractivity contribution in [1.29, 1.82) is 0 Å². The van der Waals surface area contributed by atoms with E-state index in [1.54, 1.807) is 26.2 Å². The van der Waals surface area contributed by atoms with Gasteiger partial charge in [-0.25, -0.2) is 4.79 Å². The average molecular weight is 303 g/mol. The Hall–Kier alpha value is -1.07. The van der Waals surface area contributed by atoms with Crippen molar-refractivity contribution in [3.05, 3.63) is 28.2 Å². The molecule has 1 aromatic carbocycles. The van der Waals surface area contributed by atoms with E-state index in [-0.39, 0.29) is 13.0 Å². The molecule has 4 nitrogen and oxygen atoms in total. The highest BCUT2D eigenvalue weighted by Gasteiger charge is 2.18. The third kappa shape index (κ3) is 4.02. The monoisotopic (exact) mass is 302 g/mol. The molecule has 0 aliphatic heterocycles. The molecule has 1 atom stereocenters. The molecule has 0 aromatic heterocycles. The summed E-state index contributed by atoms with van der Waals surface area (Å²) in [6, 6.07) is 5.38. The summed E-state index contributed by atoms with van der Waals surface area (Å²) >= 11 is 3.36. The first kappa shape index (κ1) is 14.0. The van der Waals surface area contributed by atoms with Gasteiger partial charge in [-0.15, -0.1) is 0 Å². The summed E-state index contributed by atoms with van der Waals surface area (Å²) < 4.78 is 10.6. The molecule has 0 saturated heterocycles. The van der Waals surface area contributed by atoms with Crippen LogP contribution >= 0.6 is 15.9 Å². The summed E-state index contributed by atoms with van der Waals surface area (Å²) in [5, 5.41) is 9.65. The topological polar surface area (TPSA) is 55.8 Å². The van der Waals surface area contributed by atoms with E-state index in [4.69, 9.17) is 9.47 Å². The zero-order valence-corrected chi connectivity index (χ0v) is 11.4. The van der Waals surface area contributed by atoms with Crippen molar-refractivity contribution in [2.45, 2.75) is 19.4 Å². The van der Waals surface area contributed by atoms with Gasteiger partial charge in [0.2, 0.25) is 0 Å². The number of ether oxygens (including phenoxy) is 2. The van der Waals surface area contributed by atoms with E-state index in [0.717, 1.165) is 10.0 Å². The van der Waals surface area contributed by atoms with Crippen LogP contribution in [0.3, 0.4) is 0 Å². The van der Waals surface area contributed by atoms with Crippen LogP contribution in [0.15, 0.2) is 22.7 Å². The lowest BCUT2D eigenvalue weighted by molar-refractivity contribution is -0.152. The van der Waals surface area contributed by atoms with Gasteiger partial charge < -0.3 is 14.6 Å². The number of rotatable bonds is 5. The second-order valence-electron chi connectivity index (χ2n) is 3.43. The number of hydrogen-bond acceptors (Lipinski definition) is 4. The number of aliphatic hydroxyl groups is 1. The number of hydrogen-bond donors (Lipinski definition) is 1. The van der Waals surface area contributed by atoms with Crippen LogP contribution in [0.4, 0.5) is 0 Å². The number of benzene rings is 1. The van der Waals surface area contributed by atoms with Crippen LogP contribution in [0.2, 0.25) is 0 Å². The van der Waals surface area contributed by atoms with Crippen molar-refractivity contribution in [3.63, 3.8) is 0 Å². The van der Waals surface area contributed by atoms with Crippen LogP contribution < -0.4 is 4.74 Å². The predicted octanol–water partition coefficient (Wildman–Crippen LogP) is 1.92. The lowest BCUT2D eigenvalue weighted by Crippen LogP contribution is -2.25. The Kier molecular flexibility index (Phi) is 5.44. The molecule has 0 amide bonds. The van der Waals surface area contributed by atoms with Gasteiger partial charge in [-0.05, 0) is 30.7 Å². The summed E-state index contributed by atoms with van der Waals surface area (Å²) in [5.41, 5.74) is 0.796. The number of methoxy groups -OCH3 is 1. The minimum absolute atomic E-state index is 0.191. The molecule has 17 heavy (non-hydrogen) atoms. The number of esters is 1. The van der Waals surface area contributed by atoms with Crippen molar-refractivity contribution in [2.75, 3.05) is 13.7 Å². The Balaban J connectivity index is 2.76. The second kappa shape index (κ2) is 6.61. The molecule has 0 heterocycles. The number of carbonyl (C=O) groups is 1. The highest BCUT2D eigenvalue weighted by Crippen LogP contribution is 2.23. The maximum absolute atomic E-state index is 11.3. The standard InChI is InChI=1S/C12H15BrO4/c1-3-17-12(15)11(14)7-8-6-9(16-2)4-5-10(8)13/h4-6,11,14H,3,7H2,1-2H3. The predicted molar refractivity (Wildman–Crippen MR) is 67.0 cm³/mol. The largest absolute Gasteiger partial charge is 0.497 e. The maximum Gasteiger partial charge on any atom is 0.335 e. The Bertz CT molecular complexity index is 392. The molecule has 0 spiro atoms. The minimum atomic E-state index is -1.15. The molecule has 0 fully saturated rings. The fourth-order valence-electron chi connectivity index (χ4n) is 1.36. The number of aliphatic hydroxyl groups excluding tert-OH is 1. The summed E-state index contributed by atoms with van der Waals surface area (Å²) in [6.07, 6.45) is -0.963. The van der Waals surface area contributed by atoms with Crippen LogP contribution in [-0.2, 0) is 16.0 Å². The van der Waals surface area contributed by atoms with Crippen LogP contribution in [0.5, 0.6) is 5.75 Å². The Morgan fingerprint density at radius 2 is 2.24 bits per heavy atom. The van der Waals surface area contributed by atoms with Crippen molar-refractivity contribution >= 4 is 21.9 Å². The van der Waals surface area contributed by atoms with Gasteiger partial charge >= 0.3 is 5.97 Å². The highest BCUT2D eigenvalue weighted by atomic mass is 79.9. The summed E-state index contributed by atoms with van der Waals surface area (Å²) in [4.78, 5) is 11.3. The highest BCUT2D eigenvalue weighted by molar-refractivity contribution is 9.10.